The molecule has 0 spiro atoms. The van der Waals surface area contributed by atoms with E-state index in [0.717, 1.165) is 42.9 Å². The van der Waals surface area contributed by atoms with Gasteiger partial charge in [0.2, 0.25) is 0 Å². The van der Waals surface area contributed by atoms with Crippen LogP contribution in [0.25, 0.3) is 0 Å². The molecule has 6 heteroatoms. The van der Waals surface area contributed by atoms with Gasteiger partial charge >= 0.3 is 0 Å². The van der Waals surface area contributed by atoms with Gasteiger partial charge in [0, 0.05) is 18.0 Å². The number of thiophene rings is 1. The van der Waals surface area contributed by atoms with Gasteiger partial charge < -0.3 is 5.73 Å². The first-order valence-electron chi connectivity index (χ1n) is 7.22. The summed E-state index contributed by atoms with van der Waals surface area (Å²) in [6.45, 7) is 2.79. The Morgan fingerprint density at radius 3 is 2.55 bits per heavy atom. The Hall–Kier alpha value is -0.430. The lowest BCUT2D eigenvalue weighted by Gasteiger charge is -2.32. The van der Waals surface area contributed by atoms with Gasteiger partial charge in [-0.2, -0.15) is 4.31 Å². The van der Waals surface area contributed by atoms with Crippen LogP contribution in [0.4, 0.5) is 0 Å². The fraction of sp³-hybridized carbons (Fsp3) is 0.714. The van der Waals surface area contributed by atoms with E-state index in [-0.39, 0.29) is 6.04 Å². The van der Waals surface area contributed by atoms with Crippen molar-refractivity contribution < 1.29 is 8.42 Å². The van der Waals surface area contributed by atoms with Crippen molar-refractivity contribution in [3.05, 3.63) is 17.0 Å². The summed E-state index contributed by atoms with van der Waals surface area (Å²) in [6, 6.07) is 3.74. The molecule has 2 rings (SSSR count). The van der Waals surface area contributed by atoms with Gasteiger partial charge in [-0.25, -0.2) is 8.42 Å². The zero-order chi connectivity index (χ0) is 14.8. The van der Waals surface area contributed by atoms with Gasteiger partial charge in [0.25, 0.3) is 10.0 Å². The highest BCUT2D eigenvalue weighted by atomic mass is 32.2. The number of nitrogens with two attached hydrogens (primary N) is 1. The van der Waals surface area contributed by atoms with Crippen molar-refractivity contribution in [2.75, 3.05) is 13.6 Å². The molecule has 0 radical (unpaired) electrons. The molecule has 20 heavy (non-hydrogen) atoms. The van der Waals surface area contributed by atoms with Crippen LogP contribution in [0.3, 0.4) is 0 Å². The van der Waals surface area contributed by atoms with Gasteiger partial charge in [0.05, 0.1) is 0 Å². The molecule has 0 unspecified atom stereocenters. The molecule has 1 saturated carbocycles. The fourth-order valence-electron chi connectivity index (χ4n) is 2.72. The van der Waals surface area contributed by atoms with Gasteiger partial charge in [0.15, 0.2) is 0 Å². The summed E-state index contributed by atoms with van der Waals surface area (Å²) in [7, 11) is -1.62. The normalized spacial score (nSPS) is 24.2. The average Bonchev–Trinajstić information content (AvgIpc) is 2.88. The third-order valence-corrected chi connectivity index (χ3v) is 7.68. The van der Waals surface area contributed by atoms with E-state index in [2.05, 4.69) is 6.92 Å². The topological polar surface area (TPSA) is 63.4 Å². The van der Waals surface area contributed by atoms with Crippen LogP contribution in [0.5, 0.6) is 0 Å². The minimum absolute atomic E-state index is 0.149. The number of hydrogen-bond acceptors (Lipinski definition) is 4. The summed E-state index contributed by atoms with van der Waals surface area (Å²) in [6.07, 6.45) is 4.92. The van der Waals surface area contributed by atoms with E-state index in [1.165, 1.54) is 11.3 Å². The smallest absolute Gasteiger partial charge is 0.252 e. The van der Waals surface area contributed by atoms with Crippen LogP contribution in [0.1, 0.15) is 37.5 Å². The van der Waals surface area contributed by atoms with Crippen LogP contribution in [0.15, 0.2) is 16.3 Å². The molecule has 0 amide bonds. The molecule has 0 aromatic carbocycles. The van der Waals surface area contributed by atoms with Crippen molar-refractivity contribution in [2.24, 2.45) is 11.7 Å². The molecule has 1 heterocycles. The van der Waals surface area contributed by atoms with E-state index in [0.29, 0.717) is 10.8 Å². The van der Waals surface area contributed by atoms with Crippen molar-refractivity contribution in [1.82, 2.24) is 4.31 Å². The van der Waals surface area contributed by atoms with E-state index in [4.69, 9.17) is 5.73 Å². The highest BCUT2D eigenvalue weighted by molar-refractivity contribution is 7.91. The maximum Gasteiger partial charge on any atom is 0.252 e. The van der Waals surface area contributed by atoms with Crippen LogP contribution in [-0.4, -0.2) is 32.4 Å². The molecule has 2 N–H and O–H groups in total. The molecule has 0 bridgehead atoms. The summed E-state index contributed by atoms with van der Waals surface area (Å²) >= 11 is 1.35. The third-order valence-electron chi connectivity index (χ3n) is 4.16. The van der Waals surface area contributed by atoms with Crippen LogP contribution >= 0.6 is 11.3 Å². The monoisotopic (exact) mass is 316 g/mol. The summed E-state index contributed by atoms with van der Waals surface area (Å²) < 4.78 is 27.3. The van der Waals surface area contributed by atoms with Gasteiger partial charge in [-0.1, -0.05) is 6.92 Å². The Morgan fingerprint density at radius 1 is 1.30 bits per heavy atom. The maximum atomic E-state index is 12.6. The van der Waals surface area contributed by atoms with Crippen LogP contribution in [0.2, 0.25) is 0 Å². The quantitative estimate of drug-likeness (QED) is 0.907. The molecule has 1 aromatic rings. The molecule has 1 aromatic heterocycles. The van der Waals surface area contributed by atoms with E-state index in [1.54, 1.807) is 17.4 Å². The van der Waals surface area contributed by atoms with E-state index in [9.17, 15) is 8.42 Å². The number of hydrogen-bond donors (Lipinski definition) is 1. The third kappa shape index (κ3) is 3.42. The minimum Gasteiger partial charge on any atom is -0.330 e. The van der Waals surface area contributed by atoms with Crippen LogP contribution in [0, 0.1) is 5.92 Å². The Morgan fingerprint density at radius 2 is 1.95 bits per heavy atom. The lowest BCUT2D eigenvalue weighted by molar-refractivity contribution is 0.246. The first-order valence-corrected chi connectivity index (χ1v) is 9.47. The largest absolute Gasteiger partial charge is 0.330 e. The van der Waals surface area contributed by atoms with Gasteiger partial charge in [-0.05, 0) is 56.7 Å². The lowest BCUT2D eigenvalue weighted by atomic mass is 9.87. The van der Waals surface area contributed by atoms with Crippen LogP contribution in [-0.2, 0) is 16.4 Å². The zero-order valence-corrected chi connectivity index (χ0v) is 13.8. The molecule has 0 saturated heterocycles. The first kappa shape index (κ1) is 15.9. The van der Waals surface area contributed by atoms with Crippen molar-refractivity contribution in [3.63, 3.8) is 0 Å². The molecular formula is C14H24N2O2S2. The summed E-state index contributed by atoms with van der Waals surface area (Å²) in [5, 5.41) is 0. The second kappa shape index (κ2) is 6.56. The molecule has 1 aliphatic rings. The van der Waals surface area contributed by atoms with Gasteiger partial charge in [-0.3, -0.25) is 0 Å². The number of rotatable bonds is 5. The second-order valence-corrected chi connectivity index (χ2v) is 9.09. The van der Waals surface area contributed by atoms with E-state index < -0.39 is 10.0 Å². The molecule has 114 valence electrons. The molecule has 0 aliphatic heterocycles. The lowest BCUT2D eigenvalue weighted by Crippen LogP contribution is -2.38. The second-order valence-electron chi connectivity index (χ2n) is 5.69. The average molecular weight is 316 g/mol. The minimum atomic E-state index is -3.34. The van der Waals surface area contributed by atoms with E-state index >= 15 is 0 Å². The SMILES string of the molecule is CC1CCC(N(C)S(=O)(=O)c2ccc(CCN)s2)CC1. The standard InChI is InChI=1S/C14H24N2O2S2/c1-11-3-5-12(6-4-11)16(2)20(17,18)14-8-7-13(19-14)9-10-15/h7-8,11-12H,3-6,9-10,15H2,1-2H3. The Labute approximate surface area is 126 Å². The summed E-state index contributed by atoms with van der Waals surface area (Å²) in [4.78, 5) is 1.04. The van der Waals surface area contributed by atoms with Crippen LogP contribution < -0.4 is 5.73 Å². The van der Waals surface area contributed by atoms with Crippen molar-refractivity contribution in [3.8, 4) is 0 Å². The zero-order valence-electron chi connectivity index (χ0n) is 12.2. The van der Waals surface area contributed by atoms with Crippen molar-refractivity contribution in [1.29, 1.82) is 0 Å². The summed E-state index contributed by atoms with van der Waals surface area (Å²) in [5.41, 5.74) is 5.52. The fourth-order valence-corrected chi connectivity index (χ4v) is 5.69. The number of nitrogens with zero attached hydrogens (tertiary/aromatic N) is 1. The predicted molar refractivity (Wildman–Crippen MR) is 83.4 cm³/mol. The Kier molecular flexibility index (Phi) is 5.23. The molecule has 4 nitrogen and oxygen atoms in total. The Bertz CT molecular complexity index is 531. The molecule has 1 fully saturated rings. The van der Waals surface area contributed by atoms with Crippen molar-refractivity contribution in [2.45, 2.75) is 49.3 Å². The summed E-state index contributed by atoms with van der Waals surface area (Å²) in [5.74, 6) is 0.722. The van der Waals surface area contributed by atoms with Gasteiger partial charge in [-0.15, -0.1) is 11.3 Å². The predicted octanol–water partition coefficient (Wildman–Crippen LogP) is 2.45. The highest BCUT2D eigenvalue weighted by Crippen LogP contribution is 2.31. The Balaban J connectivity index is 2.12. The number of sulfonamides is 1. The van der Waals surface area contributed by atoms with E-state index in [1.807, 2.05) is 6.07 Å². The first-order chi connectivity index (χ1) is 9.45. The van der Waals surface area contributed by atoms with Gasteiger partial charge in [0.1, 0.15) is 4.21 Å². The van der Waals surface area contributed by atoms with Crippen molar-refractivity contribution >= 4 is 21.4 Å². The molecular weight excluding hydrogens is 292 g/mol. The molecule has 1 aliphatic carbocycles. The maximum absolute atomic E-state index is 12.6. The highest BCUT2D eigenvalue weighted by Gasteiger charge is 2.31. The molecule has 0 atom stereocenters.